The number of aromatic nitrogens is 1. The number of Topliss-reactive ketones (excluding diaryl/α,β-unsaturated/α-hetero) is 1. The van der Waals surface area contributed by atoms with Gasteiger partial charge in [0, 0.05) is 32.6 Å². The second-order valence-corrected chi connectivity index (χ2v) is 13.4. The maximum atomic E-state index is 13.5. The largest absolute Gasteiger partial charge is 0.454 e. The Bertz CT molecular complexity index is 2110. The Kier molecular flexibility index (Phi) is 7.39. The van der Waals surface area contributed by atoms with Gasteiger partial charge in [0.15, 0.2) is 6.61 Å². The number of nitro groups is 1. The number of halogens is 1. The highest BCUT2D eigenvalue weighted by Gasteiger charge is 2.60. The monoisotopic (exact) mass is 693 g/mol. The molecule has 0 N–H and O–H groups in total. The number of benzene rings is 3. The van der Waals surface area contributed by atoms with Gasteiger partial charge in [0.05, 0.1) is 39.2 Å². The summed E-state index contributed by atoms with van der Waals surface area (Å²) >= 11 is 3.48. The van der Waals surface area contributed by atoms with E-state index in [1.165, 1.54) is 28.7 Å². The van der Waals surface area contributed by atoms with Gasteiger partial charge in [-0.2, -0.15) is 0 Å². The van der Waals surface area contributed by atoms with E-state index in [0.29, 0.717) is 33.4 Å². The lowest BCUT2D eigenvalue weighted by Gasteiger charge is -2.19. The SMILES string of the molecule is CC1=CC2CC1C1C(=O)N(c3ccc(-c4cc(C(=O)OCC(=O)c5ccc(C)c([N+](=O)[O-])c5)c5cc(Br)cc(C)c5n4)cc3)C(=O)C21. The van der Waals surface area contributed by atoms with Crippen molar-refractivity contribution in [1.29, 1.82) is 0 Å². The first-order valence-electron chi connectivity index (χ1n) is 15.2. The number of nitro benzene ring substituents is 1. The molecule has 4 aromatic rings. The fourth-order valence-electron chi connectivity index (χ4n) is 7.35. The normalized spacial score (nSPS) is 21.3. The number of ketones is 1. The Morgan fingerprint density at radius 1 is 0.979 bits per heavy atom. The van der Waals surface area contributed by atoms with Gasteiger partial charge in [-0.3, -0.25) is 29.4 Å². The highest BCUT2D eigenvalue weighted by Crippen LogP contribution is 2.56. The van der Waals surface area contributed by atoms with Gasteiger partial charge in [0.1, 0.15) is 0 Å². The number of aryl methyl sites for hydroxylation is 2. The lowest BCUT2D eigenvalue weighted by Crippen LogP contribution is -2.32. The summed E-state index contributed by atoms with van der Waals surface area (Å²) in [5, 5.41) is 11.8. The van der Waals surface area contributed by atoms with Gasteiger partial charge in [-0.25, -0.2) is 9.78 Å². The van der Waals surface area contributed by atoms with Crippen molar-refractivity contribution in [2.75, 3.05) is 11.5 Å². The van der Waals surface area contributed by atoms with Gasteiger partial charge in [0.25, 0.3) is 5.69 Å². The van der Waals surface area contributed by atoms with Gasteiger partial charge in [-0.15, -0.1) is 0 Å². The van der Waals surface area contributed by atoms with Crippen LogP contribution in [0.2, 0.25) is 0 Å². The van der Waals surface area contributed by atoms with Crippen LogP contribution in [0.25, 0.3) is 22.2 Å². The number of allylic oxidation sites excluding steroid dienone is 2. The lowest BCUT2D eigenvalue weighted by atomic mass is 9.82. The van der Waals surface area contributed by atoms with E-state index in [1.807, 2.05) is 19.9 Å². The van der Waals surface area contributed by atoms with Gasteiger partial charge in [-0.1, -0.05) is 51.8 Å². The summed E-state index contributed by atoms with van der Waals surface area (Å²) in [5.41, 5.74) is 4.59. The molecule has 10 nitrogen and oxygen atoms in total. The van der Waals surface area contributed by atoms with Crippen LogP contribution in [0, 0.1) is 47.6 Å². The summed E-state index contributed by atoms with van der Waals surface area (Å²) in [4.78, 5) is 70.1. The molecule has 1 saturated heterocycles. The number of imide groups is 1. The molecule has 2 fully saturated rings. The van der Waals surface area contributed by atoms with Crippen molar-refractivity contribution in [2.24, 2.45) is 23.7 Å². The van der Waals surface area contributed by atoms with E-state index in [9.17, 15) is 29.3 Å². The van der Waals surface area contributed by atoms with Crippen LogP contribution in [0.5, 0.6) is 0 Å². The predicted octanol–water partition coefficient (Wildman–Crippen LogP) is 6.93. The van der Waals surface area contributed by atoms with E-state index in [1.54, 1.807) is 43.3 Å². The van der Waals surface area contributed by atoms with Gasteiger partial charge in [-0.05, 0) is 74.9 Å². The first kappa shape index (κ1) is 30.6. The Balaban J connectivity index is 1.17. The third-order valence-corrected chi connectivity index (χ3v) is 10.1. The van der Waals surface area contributed by atoms with Crippen LogP contribution in [-0.2, 0) is 14.3 Å². The van der Waals surface area contributed by atoms with Crippen LogP contribution in [0.4, 0.5) is 11.4 Å². The van der Waals surface area contributed by atoms with Crippen molar-refractivity contribution in [3.63, 3.8) is 0 Å². The molecular weight excluding hydrogens is 666 g/mol. The smallest absolute Gasteiger partial charge is 0.339 e. The minimum Gasteiger partial charge on any atom is -0.454 e. The van der Waals surface area contributed by atoms with Crippen LogP contribution in [0.1, 0.15) is 45.2 Å². The number of nitrogens with zero attached hydrogens (tertiary/aromatic N) is 3. The molecule has 3 aromatic carbocycles. The maximum Gasteiger partial charge on any atom is 0.339 e. The molecule has 2 bridgehead atoms. The second kappa shape index (κ2) is 11.3. The first-order valence-corrected chi connectivity index (χ1v) is 15.9. The molecule has 11 heteroatoms. The summed E-state index contributed by atoms with van der Waals surface area (Å²) < 4.78 is 6.17. The molecule has 236 valence electrons. The number of carbonyl (C=O) groups excluding carboxylic acids is 4. The summed E-state index contributed by atoms with van der Waals surface area (Å²) in [6.07, 6.45) is 3.01. The predicted molar refractivity (Wildman–Crippen MR) is 177 cm³/mol. The second-order valence-electron chi connectivity index (χ2n) is 12.5. The average molecular weight is 695 g/mol. The number of ether oxygens (including phenoxy) is 1. The fourth-order valence-corrected chi connectivity index (χ4v) is 7.93. The summed E-state index contributed by atoms with van der Waals surface area (Å²) in [6, 6.07) is 16.2. The molecule has 2 heterocycles. The zero-order valence-corrected chi connectivity index (χ0v) is 27.2. The molecule has 2 aliphatic carbocycles. The van der Waals surface area contributed by atoms with E-state index < -0.39 is 23.3 Å². The van der Waals surface area contributed by atoms with Gasteiger partial charge in [0.2, 0.25) is 17.6 Å². The van der Waals surface area contributed by atoms with Crippen molar-refractivity contribution in [3.8, 4) is 11.3 Å². The average Bonchev–Trinajstić information content (AvgIpc) is 3.69. The molecular formula is C36H28BrN3O7. The molecule has 4 unspecified atom stereocenters. The van der Waals surface area contributed by atoms with Crippen LogP contribution >= 0.6 is 15.9 Å². The number of fused-ring (bicyclic) bond motifs is 6. The Morgan fingerprint density at radius 2 is 1.70 bits per heavy atom. The molecule has 2 amide bonds. The zero-order chi connectivity index (χ0) is 33.3. The van der Waals surface area contributed by atoms with Crippen LogP contribution in [0.3, 0.4) is 0 Å². The quantitative estimate of drug-likeness (QED) is 0.0507. The number of rotatable bonds is 7. The van der Waals surface area contributed by atoms with Gasteiger partial charge >= 0.3 is 5.97 Å². The van der Waals surface area contributed by atoms with Crippen molar-refractivity contribution in [2.45, 2.75) is 27.2 Å². The van der Waals surface area contributed by atoms with Crippen molar-refractivity contribution < 1.29 is 28.8 Å². The minimum atomic E-state index is -0.763. The molecule has 3 aliphatic rings. The number of esters is 1. The third kappa shape index (κ3) is 5.05. The first-order chi connectivity index (χ1) is 22.4. The van der Waals surface area contributed by atoms with E-state index in [0.717, 1.165) is 16.5 Å². The number of hydrogen-bond acceptors (Lipinski definition) is 8. The van der Waals surface area contributed by atoms with Crippen LogP contribution < -0.4 is 4.90 Å². The van der Waals surface area contributed by atoms with E-state index in [2.05, 4.69) is 22.0 Å². The Morgan fingerprint density at radius 3 is 2.43 bits per heavy atom. The van der Waals surface area contributed by atoms with Crippen molar-refractivity contribution in [1.82, 2.24) is 4.98 Å². The van der Waals surface area contributed by atoms with Crippen molar-refractivity contribution >= 4 is 61.8 Å². The Labute approximate surface area is 277 Å². The molecule has 4 atom stereocenters. The standard InChI is InChI=1S/C36H28BrN3O7/c1-17-4-5-21(13-29(17)40(45)46)30(41)16-47-36(44)27-15-28(38-33-19(3)11-23(37)14-26(27)33)20-6-8-24(9-7-20)39-34(42)31-22-10-18(2)25(12-22)32(31)35(39)43/h4-11,13-15,22,25,31-32H,12,16H2,1-3H3. The van der Waals surface area contributed by atoms with Crippen LogP contribution in [-0.4, -0.2) is 40.1 Å². The highest BCUT2D eigenvalue weighted by atomic mass is 79.9. The molecule has 0 radical (unpaired) electrons. The van der Waals surface area contributed by atoms with E-state index in [-0.39, 0.29) is 52.3 Å². The molecule has 1 aliphatic heterocycles. The van der Waals surface area contributed by atoms with Crippen molar-refractivity contribution in [3.05, 3.63) is 109 Å². The topological polar surface area (TPSA) is 137 Å². The highest BCUT2D eigenvalue weighted by molar-refractivity contribution is 9.10. The molecule has 0 spiro atoms. The maximum absolute atomic E-state index is 13.5. The molecule has 47 heavy (non-hydrogen) atoms. The van der Waals surface area contributed by atoms with E-state index >= 15 is 0 Å². The molecule has 7 rings (SSSR count). The summed E-state index contributed by atoms with van der Waals surface area (Å²) in [6.45, 7) is 4.86. The van der Waals surface area contributed by atoms with Crippen LogP contribution in [0.15, 0.2) is 76.8 Å². The zero-order valence-electron chi connectivity index (χ0n) is 25.7. The molecule has 1 saturated carbocycles. The number of carbonyl (C=O) groups is 4. The Hall–Kier alpha value is -5.03. The molecule has 1 aromatic heterocycles. The third-order valence-electron chi connectivity index (χ3n) is 9.65. The number of pyridine rings is 1. The number of amides is 2. The lowest BCUT2D eigenvalue weighted by molar-refractivity contribution is -0.385. The fraction of sp³-hybridized carbons (Fsp3) is 0.250. The summed E-state index contributed by atoms with van der Waals surface area (Å²) in [5.74, 6) is -2.03. The van der Waals surface area contributed by atoms with E-state index in [4.69, 9.17) is 9.72 Å². The van der Waals surface area contributed by atoms with Gasteiger partial charge < -0.3 is 4.74 Å². The minimum absolute atomic E-state index is 0.0618. The number of hydrogen-bond donors (Lipinski definition) is 0. The number of anilines is 1. The summed E-state index contributed by atoms with van der Waals surface area (Å²) in [7, 11) is 0.